The minimum Gasteiger partial charge on any atom is -0.356 e. The van der Waals surface area contributed by atoms with Gasteiger partial charge in [0.2, 0.25) is 0 Å². The summed E-state index contributed by atoms with van der Waals surface area (Å²) in [4.78, 5) is 13.4. The summed E-state index contributed by atoms with van der Waals surface area (Å²) < 4.78 is 2.27. The molecule has 2 aromatic rings. The third kappa shape index (κ3) is 3.26. The van der Waals surface area contributed by atoms with Crippen LogP contribution in [0.25, 0.3) is 0 Å². The van der Waals surface area contributed by atoms with E-state index < -0.39 is 0 Å². The van der Waals surface area contributed by atoms with E-state index in [4.69, 9.17) is 0 Å². The maximum atomic E-state index is 4.41. The van der Waals surface area contributed by atoms with Crippen LogP contribution in [-0.2, 0) is 6.54 Å². The summed E-state index contributed by atoms with van der Waals surface area (Å²) in [5.74, 6) is 2.14. The molecule has 7 heteroatoms. The van der Waals surface area contributed by atoms with Crippen molar-refractivity contribution in [1.82, 2.24) is 29.6 Å². The Labute approximate surface area is 142 Å². The molecule has 0 radical (unpaired) electrons. The first-order chi connectivity index (χ1) is 11.7. The molecule has 0 spiro atoms. The van der Waals surface area contributed by atoms with E-state index in [1.807, 2.05) is 13.3 Å². The van der Waals surface area contributed by atoms with Gasteiger partial charge in [-0.25, -0.2) is 9.97 Å². The van der Waals surface area contributed by atoms with Gasteiger partial charge in [-0.05, 0) is 32.6 Å². The van der Waals surface area contributed by atoms with E-state index in [0.717, 1.165) is 49.8 Å². The molecular weight excluding hydrogens is 302 g/mol. The Morgan fingerprint density at radius 1 is 1.17 bits per heavy atom. The molecule has 2 aliphatic rings. The summed E-state index contributed by atoms with van der Waals surface area (Å²) in [6.45, 7) is 5.12. The quantitative estimate of drug-likeness (QED) is 0.835. The highest BCUT2D eigenvalue weighted by Crippen LogP contribution is 2.35. The number of likely N-dealkylation sites (tertiary alicyclic amines) is 1. The second-order valence-corrected chi connectivity index (χ2v) is 7.02. The lowest BCUT2D eigenvalue weighted by atomic mass is 10.0. The van der Waals surface area contributed by atoms with Crippen molar-refractivity contribution < 1.29 is 0 Å². The number of aryl methyl sites for hydroxylation is 1. The number of rotatable bonds is 5. The second-order valence-electron chi connectivity index (χ2n) is 7.02. The molecule has 1 saturated carbocycles. The minimum atomic E-state index is 0.539. The SMILES string of the molecule is Cc1cc(N(C)C2CCN(Cc3nncn3C3CC3)CC2)ncn1. The van der Waals surface area contributed by atoms with Crippen LogP contribution in [0.2, 0.25) is 0 Å². The lowest BCUT2D eigenvalue weighted by Gasteiger charge is -2.37. The number of hydrogen-bond acceptors (Lipinski definition) is 6. The molecule has 0 bridgehead atoms. The van der Waals surface area contributed by atoms with Crippen LogP contribution in [-0.4, -0.2) is 55.8 Å². The Morgan fingerprint density at radius 3 is 2.67 bits per heavy atom. The maximum absolute atomic E-state index is 4.41. The number of aromatic nitrogens is 5. The Kier molecular flexibility index (Phi) is 4.18. The predicted octanol–water partition coefficient (Wildman–Crippen LogP) is 1.81. The second kappa shape index (κ2) is 6.47. The smallest absolute Gasteiger partial charge is 0.147 e. The third-order valence-electron chi connectivity index (χ3n) is 5.21. The molecule has 0 aromatic carbocycles. The van der Waals surface area contributed by atoms with E-state index in [9.17, 15) is 0 Å². The van der Waals surface area contributed by atoms with E-state index in [-0.39, 0.29) is 0 Å². The summed E-state index contributed by atoms with van der Waals surface area (Å²) in [5, 5.41) is 8.43. The van der Waals surface area contributed by atoms with Crippen LogP contribution >= 0.6 is 0 Å². The van der Waals surface area contributed by atoms with Gasteiger partial charge in [0.25, 0.3) is 0 Å². The molecule has 7 nitrogen and oxygen atoms in total. The fraction of sp³-hybridized carbons (Fsp3) is 0.647. The zero-order valence-electron chi connectivity index (χ0n) is 14.5. The molecule has 2 aromatic heterocycles. The molecule has 0 unspecified atom stereocenters. The fourth-order valence-electron chi connectivity index (χ4n) is 3.52. The highest BCUT2D eigenvalue weighted by atomic mass is 15.3. The molecular formula is C17H25N7. The Hall–Kier alpha value is -2.02. The average Bonchev–Trinajstić information content (AvgIpc) is 3.34. The first-order valence-corrected chi connectivity index (χ1v) is 8.83. The van der Waals surface area contributed by atoms with Gasteiger partial charge in [0, 0.05) is 44.0 Å². The first-order valence-electron chi connectivity index (χ1n) is 8.83. The van der Waals surface area contributed by atoms with E-state index in [1.54, 1.807) is 6.33 Å². The molecule has 4 rings (SSSR count). The molecule has 128 valence electrons. The predicted molar refractivity (Wildman–Crippen MR) is 91.8 cm³/mol. The van der Waals surface area contributed by atoms with Gasteiger partial charge in [-0.15, -0.1) is 10.2 Å². The van der Waals surface area contributed by atoms with Crippen molar-refractivity contribution in [2.75, 3.05) is 25.0 Å². The summed E-state index contributed by atoms with van der Waals surface area (Å²) in [7, 11) is 2.14. The first kappa shape index (κ1) is 15.5. The average molecular weight is 327 g/mol. The van der Waals surface area contributed by atoms with Gasteiger partial charge in [0.1, 0.15) is 24.3 Å². The zero-order valence-corrected chi connectivity index (χ0v) is 14.5. The van der Waals surface area contributed by atoms with Crippen LogP contribution in [0.1, 0.15) is 43.2 Å². The van der Waals surface area contributed by atoms with Crippen LogP contribution in [0.5, 0.6) is 0 Å². The number of nitrogens with zero attached hydrogens (tertiary/aromatic N) is 7. The van der Waals surface area contributed by atoms with Crippen LogP contribution in [0.4, 0.5) is 5.82 Å². The third-order valence-corrected chi connectivity index (χ3v) is 5.21. The van der Waals surface area contributed by atoms with E-state index in [2.05, 4.69) is 47.6 Å². The summed E-state index contributed by atoms with van der Waals surface area (Å²) in [6, 6.07) is 3.25. The van der Waals surface area contributed by atoms with Gasteiger partial charge in [-0.2, -0.15) is 0 Å². The van der Waals surface area contributed by atoms with Crippen LogP contribution in [0, 0.1) is 6.92 Å². The van der Waals surface area contributed by atoms with Crippen molar-refractivity contribution in [2.45, 2.75) is 51.2 Å². The van der Waals surface area contributed by atoms with Crippen molar-refractivity contribution in [3.05, 3.63) is 30.2 Å². The largest absolute Gasteiger partial charge is 0.356 e. The van der Waals surface area contributed by atoms with Crippen LogP contribution < -0.4 is 4.90 Å². The van der Waals surface area contributed by atoms with Crippen molar-refractivity contribution in [1.29, 1.82) is 0 Å². The lowest BCUT2D eigenvalue weighted by molar-refractivity contribution is 0.196. The monoisotopic (exact) mass is 327 g/mol. The molecule has 1 aliphatic heterocycles. The molecule has 1 aliphatic carbocycles. The van der Waals surface area contributed by atoms with Crippen molar-refractivity contribution >= 4 is 5.82 Å². The standard InChI is InChI=1S/C17H25N7/c1-13-9-16(19-11-18-13)22(2)14-5-7-23(8-6-14)10-17-21-20-12-24(17)15-3-4-15/h9,11-12,14-15H,3-8,10H2,1-2H3. The normalized spacial score (nSPS) is 19.6. The molecule has 0 amide bonds. The maximum Gasteiger partial charge on any atom is 0.147 e. The van der Waals surface area contributed by atoms with E-state index in [0.29, 0.717) is 12.1 Å². The summed E-state index contributed by atoms with van der Waals surface area (Å²) in [5.41, 5.74) is 1.02. The van der Waals surface area contributed by atoms with E-state index in [1.165, 1.54) is 12.8 Å². The molecule has 2 fully saturated rings. The van der Waals surface area contributed by atoms with E-state index >= 15 is 0 Å². The molecule has 0 atom stereocenters. The van der Waals surface area contributed by atoms with Crippen molar-refractivity contribution in [3.63, 3.8) is 0 Å². The van der Waals surface area contributed by atoms with Gasteiger partial charge in [-0.3, -0.25) is 4.90 Å². The topological polar surface area (TPSA) is 63.0 Å². The lowest BCUT2D eigenvalue weighted by Crippen LogP contribution is -2.43. The number of hydrogen-bond donors (Lipinski definition) is 0. The van der Waals surface area contributed by atoms with Crippen molar-refractivity contribution in [2.24, 2.45) is 0 Å². The molecule has 24 heavy (non-hydrogen) atoms. The highest BCUT2D eigenvalue weighted by Gasteiger charge is 2.28. The Balaban J connectivity index is 1.34. The summed E-state index contributed by atoms with van der Waals surface area (Å²) >= 11 is 0. The van der Waals surface area contributed by atoms with Gasteiger partial charge in [-0.1, -0.05) is 0 Å². The Morgan fingerprint density at radius 2 is 1.96 bits per heavy atom. The van der Waals surface area contributed by atoms with Crippen molar-refractivity contribution in [3.8, 4) is 0 Å². The van der Waals surface area contributed by atoms with Crippen LogP contribution in [0.3, 0.4) is 0 Å². The van der Waals surface area contributed by atoms with Crippen LogP contribution in [0.15, 0.2) is 18.7 Å². The van der Waals surface area contributed by atoms with Gasteiger partial charge in [0.05, 0.1) is 6.54 Å². The molecule has 0 N–H and O–H groups in total. The van der Waals surface area contributed by atoms with Gasteiger partial charge < -0.3 is 9.47 Å². The fourth-order valence-corrected chi connectivity index (χ4v) is 3.52. The Bertz CT molecular complexity index is 686. The van der Waals surface area contributed by atoms with Gasteiger partial charge >= 0.3 is 0 Å². The highest BCUT2D eigenvalue weighted by molar-refractivity contribution is 5.39. The zero-order chi connectivity index (χ0) is 16.5. The summed E-state index contributed by atoms with van der Waals surface area (Å²) in [6.07, 6.45) is 8.40. The van der Waals surface area contributed by atoms with Gasteiger partial charge in [0.15, 0.2) is 0 Å². The minimum absolute atomic E-state index is 0.539. The number of piperidine rings is 1. The number of anilines is 1. The molecule has 3 heterocycles. The molecule has 1 saturated heterocycles.